The standard InChI is InChI=1S/C21H31NO6/c1-16-7-9-18(10-8-16)25-12-4-3-11-22-20(23)15-28-21(24)17(2)27-14-19-6-5-13-26-19/h7-10,17,19H,3-6,11-15H2,1-2H3,(H,22,23). The van der Waals surface area contributed by atoms with Gasteiger partial charge in [0.25, 0.3) is 5.91 Å². The summed E-state index contributed by atoms with van der Waals surface area (Å²) >= 11 is 0. The summed E-state index contributed by atoms with van der Waals surface area (Å²) in [6.45, 7) is 5.56. The van der Waals surface area contributed by atoms with Crippen molar-refractivity contribution in [3.8, 4) is 5.75 Å². The fourth-order valence-electron chi connectivity index (χ4n) is 2.68. The minimum Gasteiger partial charge on any atom is -0.494 e. The highest BCUT2D eigenvalue weighted by Crippen LogP contribution is 2.13. The van der Waals surface area contributed by atoms with Gasteiger partial charge in [-0.2, -0.15) is 0 Å². The first-order valence-electron chi connectivity index (χ1n) is 9.90. The maximum absolute atomic E-state index is 11.8. The largest absolute Gasteiger partial charge is 0.494 e. The van der Waals surface area contributed by atoms with Crippen LogP contribution < -0.4 is 10.1 Å². The topological polar surface area (TPSA) is 83.1 Å². The molecule has 0 radical (unpaired) electrons. The highest BCUT2D eigenvalue weighted by Gasteiger charge is 2.21. The predicted octanol–water partition coefficient (Wildman–Crippen LogP) is 2.40. The Labute approximate surface area is 166 Å². The maximum atomic E-state index is 11.8. The van der Waals surface area contributed by atoms with E-state index >= 15 is 0 Å². The number of carbonyl (C=O) groups excluding carboxylic acids is 2. The highest BCUT2D eigenvalue weighted by atomic mass is 16.6. The molecular formula is C21H31NO6. The van der Waals surface area contributed by atoms with Gasteiger partial charge in [-0.3, -0.25) is 4.79 Å². The van der Waals surface area contributed by atoms with Gasteiger partial charge in [-0.15, -0.1) is 0 Å². The number of aryl methyl sites for hydroxylation is 1. The average molecular weight is 393 g/mol. The number of amides is 1. The van der Waals surface area contributed by atoms with Crippen LogP contribution >= 0.6 is 0 Å². The Hall–Kier alpha value is -2.12. The molecule has 0 aromatic heterocycles. The van der Waals surface area contributed by atoms with Gasteiger partial charge in [-0.05, 0) is 51.7 Å². The van der Waals surface area contributed by atoms with Gasteiger partial charge < -0.3 is 24.3 Å². The van der Waals surface area contributed by atoms with E-state index in [2.05, 4.69) is 5.32 Å². The van der Waals surface area contributed by atoms with Gasteiger partial charge in [-0.25, -0.2) is 4.79 Å². The number of unbranched alkanes of at least 4 members (excludes halogenated alkanes) is 1. The molecule has 156 valence electrons. The summed E-state index contributed by atoms with van der Waals surface area (Å²) in [4.78, 5) is 23.6. The molecule has 0 spiro atoms. The average Bonchev–Trinajstić information content (AvgIpc) is 3.22. The number of ether oxygens (including phenoxy) is 4. The summed E-state index contributed by atoms with van der Waals surface area (Å²) in [5.74, 6) is -0.0174. The van der Waals surface area contributed by atoms with Crippen molar-refractivity contribution in [1.29, 1.82) is 0 Å². The Morgan fingerprint density at radius 2 is 2.04 bits per heavy atom. The van der Waals surface area contributed by atoms with Gasteiger partial charge in [-0.1, -0.05) is 17.7 Å². The molecule has 1 amide bonds. The summed E-state index contributed by atoms with van der Waals surface area (Å²) in [6, 6.07) is 7.89. The third kappa shape index (κ3) is 8.71. The Bertz CT molecular complexity index is 597. The normalized spacial score (nSPS) is 17.1. The maximum Gasteiger partial charge on any atom is 0.335 e. The van der Waals surface area contributed by atoms with Crippen LogP contribution in [0.4, 0.5) is 0 Å². The number of carbonyl (C=O) groups is 2. The van der Waals surface area contributed by atoms with Crippen molar-refractivity contribution in [1.82, 2.24) is 5.32 Å². The van der Waals surface area contributed by atoms with Crippen molar-refractivity contribution in [2.24, 2.45) is 0 Å². The smallest absolute Gasteiger partial charge is 0.335 e. The molecule has 1 saturated heterocycles. The monoisotopic (exact) mass is 393 g/mol. The molecule has 7 heteroatoms. The van der Waals surface area contributed by atoms with Crippen molar-refractivity contribution < 1.29 is 28.5 Å². The molecule has 1 heterocycles. The van der Waals surface area contributed by atoms with Crippen LogP contribution in [0.2, 0.25) is 0 Å². The Balaban J connectivity index is 1.46. The molecule has 1 aromatic rings. The van der Waals surface area contributed by atoms with E-state index in [0.717, 1.165) is 38.0 Å². The van der Waals surface area contributed by atoms with E-state index in [-0.39, 0.29) is 18.6 Å². The molecule has 1 fully saturated rings. The second kappa shape index (κ2) is 12.4. The Kier molecular flexibility index (Phi) is 9.79. The Morgan fingerprint density at radius 1 is 1.25 bits per heavy atom. The second-order valence-corrected chi connectivity index (χ2v) is 6.94. The van der Waals surface area contributed by atoms with Crippen LogP contribution in [0.5, 0.6) is 5.75 Å². The molecule has 2 atom stereocenters. The van der Waals surface area contributed by atoms with Crippen LogP contribution in [0, 0.1) is 6.92 Å². The molecule has 2 unspecified atom stereocenters. The van der Waals surface area contributed by atoms with E-state index in [9.17, 15) is 9.59 Å². The van der Waals surface area contributed by atoms with Crippen LogP contribution in [0.3, 0.4) is 0 Å². The van der Waals surface area contributed by atoms with Gasteiger partial charge >= 0.3 is 5.97 Å². The molecular weight excluding hydrogens is 362 g/mol. The third-order valence-electron chi connectivity index (χ3n) is 4.42. The number of hydrogen-bond donors (Lipinski definition) is 1. The van der Waals surface area contributed by atoms with Crippen LogP contribution in [-0.4, -0.2) is 57.1 Å². The number of rotatable bonds is 12. The first-order chi connectivity index (χ1) is 13.5. The Morgan fingerprint density at radius 3 is 2.75 bits per heavy atom. The van der Waals surface area contributed by atoms with Crippen molar-refractivity contribution in [3.63, 3.8) is 0 Å². The third-order valence-corrected chi connectivity index (χ3v) is 4.42. The van der Waals surface area contributed by atoms with Crippen LogP contribution in [0.25, 0.3) is 0 Å². The summed E-state index contributed by atoms with van der Waals surface area (Å²) < 4.78 is 21.5. The number of benzene rings is 1. The van der Waals surface area contributed by atoms with Crippen molar-refractivity contribution >= 4 is 11.9 Å². The SMILES string of the molecule is Cc1ccc(OCCCCNC(=O)COC(=O)C(C)OCC2CCCO2)cc1. The molecule has 2 rings (SSSR count). The van der Waals surface area contributed by atoms with Crippen LogP contribution in [0.15, 0.2) is 24.3 Å². The zero-order valence-corrected chi connectivity index (χ0v) is 16.8. The molecule has 1 N–H and O–H groups in total. The lowest BCUT2D eigenvalue weighted by atomic mass is 10.2. The molecule has 28 heavy (non-hydrogen) atoms. The van der Waals surface area contributed by atoms with E-state index in [1.165, 1.54) is 5.56 Å². The number of nitrogens with one attached hydrogen (secondary N) is 1. The van der Waals surface area contributed by atoms with Gasteiger partial charge in [0.1, 0.15) is 5.75 Å². The van der Waals surface area contributed by atoms with Gasteiger partial charge in [0, 0.05) is 13.2 Å². The quantitative estimate of drug-likeness (QED) is 0.434. The summed E-state index contributed by atoms with van der Waals surface area (Å²) in [5, 5.41) is 2.73. The minimum atomic E-state index is -0.712. The van der Waals surface area contributed by atoms with E-state index in [4.69, 9.17) is 18.9 Å². The summed E-state index contributed by atoms with van der Waals surface area (Å²) in [6.07, 6.45) is 2.91. The summed E-state index contributed by atoms with van der Waals surface area (Å²) in [7, 11) is 0. The molecule has 0 aliphatic carbocycles. The van der Waals surface area contributed by atoms with Crippen molar-refractivity contribution in [2.45, 2.75) is 51.7 Å². The fourth-order valence-corrected chi connectivity index (χ4v) is 2.68. The second-order valence-electron chi connectivity index (χ2n) is 6.94. The molecule has 0 bridgehead atoms. The number of esters is 1. The first kappa shape index (κ1) is 22.2. The predicted molar refractivity (Wildman–Crippen MR) is 104 cm³/mol. The van der Waals surface area contributed by atoms with Crippen molar-refractivity contribution in [2.75, 3.05) is 33.0 Å². The number of hydrogen-bond acceptors (Lipinski definition) is 6. The lowest BCUT2D eigenvalue weighted by Crippen LogP contribution is -2.33. The molecule has 7 nitrogen and oxygen atoms in total. The highest BCUT2D eigenvalue weighted by molar-refractivity contribution is 5.81. The molecule has 1 aliphatic rings. The van der Waals surface area contributed by atoms with E-state index < -0.39 is 12.1 Å². The lowest BCUT2D eigenvalue weighted by Gasteiger charge is -2.15. The van der Waals surface area contributed by atoms with Crippen LogP contribution in [-0.2, 0) is 23.8 Å². The minimum absolute atomic E-state index is 0.0496. The molecule has 0 saturated carbocycles. The van der Waals surface area contributed by atoms with Crippen molar-refractivity contribution in [3.05, 3.63) is 29.8 Å². The van der Waals surface area contributed by atoms with Crippen LogP contribution in [0.1, 0.15) is 38.2 Å². The van der Waals surface area contributed by atoms with Gasteiger partial charge in [0.2, 0.25) is 0 Å². The van der Waals surface area contributed by atoms with Gasteiger partial charge in [0.15, 0.2) is 12.7 Å². The fraction of sp³-hybridized carbons (Fsp3) is 0.619. The molecule has 1 aliphatic heterocycles. The van der Waals surface area contributed by atoms with Gasteiger partial charge in [0.05, 0.1) is 19.3 Å². The summed E-state index contributed by atoms with van der Waals surface area (Å²) in [5.41, 5.74) is 1.19. The zero-order chi connectivity index (χ0) is 20.2. The lowest BCUT2D eigenvalue weighted by molar-refractivity contribution is -0.160. The van der Waals surface area contributed by atoms with E-state index in [1.54, 1.807) is 6.92 Å². The van der Waals surface area contributed by atoms with E-state index in [0.29, 0.717) is 19.8 Å². The van der Waals surface area contributed by atoms with E-state index in [1.807, 2.05) is 31.2 Å². The first-order valence-corrected chi connectivity index (χ1v) is 9.90. The molecule has 1 aromatic carbocycles. The zero-order valence-electron chi connectivity index (χ0n) is 16.8.